The lowest BCUT2D eigenvalue weighted by Gasteiger charge is -2.13. The lowest BCUT2D eigenvalue weighted by atomic mass is 9.97. The molecule has 3 heteroatoms. The van der Waals surface area contributed by atoms with E-state index >= 15 is 0 Å². The summed E-state index contributed by atoms with van der Waals surface area (Å²) >= 11 is 0. The SMILES string of the molecule is CC1CNC(=O)NCC1C. The lowest BCUT2D eigenvalue weighted by Crippen LogP contribution is -2.33. The minimum absolute atomic E-state index is 0.0313. The van der Waals surface area contributed by atoms with Crippen molar-refractivity contribution < 1.29 is 4.79 Å². The predicted molar refractivity (Wildman–Crippen MR) is 39.7 cm³/mol. The van der Waals surface area contributed by atoms with Crippen molar-refractivity contribution in [2.45, 2.75) is 13.8 Å². The molecule has 1 aliphatic rings. The van der Waals surface area contributed by atoms with E-state index in [0.717, 1.165) is 13.1 Å². The second-order valence-electron chi connectivity index (χ2n) is 3.05. The van der Waals surface area contributed by atoms with Crippen LogP contribution in [-0.4, -0.2) is 19.1 Å². The molecule has 1 aliphatic heterocycles. The summed E-state index contributed by atoms with van der Waals surface area (Å²) in [7, 11) is 0. The Balaban J connectivity index is 2.46. The highest BCUT2D eigenvalue weighted by molar-refractivity contribution is 5.74. The summed E-state index contributed by atoms with van der Waals surface area (Å²) in [5.74, 6) is 1.16. The van der Waals surface area contributed by atoms with Crippen molar-refractivity contribution >= 4 is 6.03 Å². The van der Waals surface area contributed by atoms with Crippen molar-refractivity contribution in [3.8, 4) is 0 Å². The molecule has 2 unspecified atom stereocenters. The van der Waals surface area contributed by atoms with E-state index < -0.39 is 0 Å². The van der Waals surface area contributed by atoms with Crippen LogP contribution in [0.3, 0.4) is 0 Å². The molecule has 0 bridgehead atoms. The molecule has 1 saturated heterocycles. The van der Waals surface area contributed by atoms with Crippen LogP contribution in [0.4, 0.5) is 4.79 Å². The Morgan fingerprint density at radius 2 is 1.60 bits per heavy atom. The van der Waals surface area contributed by atoms with Gasteiger partial charge in [-0.1, -0.05) is 13.8 Å². The van der Waals surface area contributed by atoms with Gasteiger partial charge in [0.25, 0.3) is 0 Å². The number of amides is 2. The number of nitrogens with one attached hydrogen (secondary N) is 2. The van der Waals surface area contributed by atoms with E-state index in [2.05, 4.69) is 24.5 Å². The Morgan fingerprint density at radius 1 is 1.20 bits per heavy atom. The number of carbonyl (C=O) groups excluding carboxylic acids is 1. The van der Waals surface area contributed by atoms with E-state index in [1.54, 1.807) is 0 Å². The van der Waals surface area contributed by atoms with Crippen molar-refractivity contribution in [1.82, 2.24) is 10.6 Å². The molecular weight excluding hydrogens is 128 g/mol. The fourth-order valence-electron chi connectivity index (χ4n) is 0.972. The minimum Gasteiger partial charge on any atom is -0.338 e. The molecule has 1 rings (SSSR count). The van der Waals surface area contributed by atoms with E-state index in [4.69, 9.17) is 0 Å². The maximum atomic E-state index is 10.8. The number of urea groups is 1. The van der Waals surface area contributed by atoms with Crippen LogP contribution >= 0.6 is 0 Å². The van der Waals surface area contributed by atoms with Crippen LogP contribution in [-0.2, 0) is 0 Å². The fourth-order valence-corrected chi connectivity index (χ4v) is 0.972. The second kappa shape index (κ2) is 2.90. The van der Waals surface area contributed by atoms with Gasteiger partial charge in [0, 0.05) is 13.1 Å². The average molecular weight is 142 g/mol. The number of hydrogen-bond acceptors (Lipinski definition) is 1. The van der Waals surface area contributed by atoms with Crippen LogP contribution in [0.25, 0.3) is 0 Å². The first-order chi connectivity index (χ1) is 4.70. The highest BCUT2D eigenvalue weighted by atomic mass is 16.2. The number of hydrogen-bond donors (Lipinski definition) is 2. The van der Waals surface area contributed by atoms with E-state index in [0.29, 0.717) is 11.8 Å². The van der Waals surface area contributed by atoms with E-state index in [1.165, 1.54) is 0 Å². The molecule has 2 N–H and O–H groups in total. The van der Waals surface area contributed by atoms with Crippen LogP contribution in [0.15, 0.2) is 0 Å². The molecule has 0 spiro atoms. The summed E-state index contributed by atoms with van der Waals surface area (Å²) in [4.78, 5) is 10.8. The van der Waals surface area contributed by atoms with Crippen LogP contribution in [0, 0.1) is 11.8 Å². The molecule has 2 amide bonds. The molecule has 3 nitrogen and oxygen atoms in total. The topological polar surface area (TPSA) is 41.1 Å². The monoisotopic (exact) mass is 142 g/mol. The van der Waals surface area contributed by atoms with Gasteiger partial charge >= 0.3 is 6.03 Å². The third-order valence-electron chi connectivity index (χ3n) is 2.14. The Bertz CT molecular complexity index is 122. The molecule has 2 atom stereocenters. The Hall–Kier alpha value is -0.730. The Morgan fingerprint density at radius 3 is 2.00 bits per heavy atom. The second-order valence-corrected chi connectivity index (χ2v) is 3.05. The predicted octanol–water partition coefficient (Wildman–Crippen LogP) is 0.571. The molecule has 58 valence electrons. The summed E-state index contributed by atoms with van der Waals surface area (Å²) in [5, 5.41) is 5.55. The average Bonchev–Trinajstić information content (AvgIpc) is 2.04. The third-order valence-corrected chi connectivity index (χ3v) is 2.14. The summed E-state index contributed by atoms with van der Waals surface area (Å²) in [6.45, 7) is 5.90. The van der Waals surface area contributed by atoms with Gasteiger partial charge < -0.3 is 10.6 Å². The van der Waals surface area contributed by atoms with E-state index in [-0.39, 0.29) is 6.03 Å². The van der Waals surface area contributed by atoms with Gasteiger partial charge in [0.05, 0.1) is 0 Å². The first-order valence-corrected chi connectivity index (χ1v) is 3.72. The smallest absolute Gasteiger partial charge is 0.314 e. The van der Waals surface area contributed by atoms with Crippen molar-refractivity contribution in [3.63, 3.8) is 0 Å². The van der Waals surface area contributed by atoms with Crippen molar-refractivity contribution in [2.24, 2.45) is 11.8 Å². The molecule has 0 aromatic rings. The molecule has 0 saturated carbocycles. The fraction of sp³-hybridized carbons (Fsp3) is 0.857. The Labute approximate surface area is 61.2 Å². The number of rotatable bonds is 0. The third kappa shape index (κ3) is 1.62. The maximum Gasteiger partial charge on any atom is 0.314 e. The lowest BCUT2D eigenvalue weighted by molar-refractivity contribution is 0.242. The van der Waals surface area contributed by atoms with E-state index in [1.807, 2.05) is 0 Å². The highest BCUT2D eigenvalue weighted by Crippen LogP contribution is 2.09. The van der Waals surface area contributed by atoms with Gasteiger partial charge in [-0.15, -0.1) is 0 Å². The highest BCUT2D eigenvalue weighted by Gasteiger charge is 2.17. The quantitative estimate of drug-likeness (QED) is 0.510. The standard InChI is InChI=1S/C7H14N2O/c1-5-3-8-7(10)9-4-6(5)2/h5-6H,3-4H2,1-2H3,(H2,8,9,10). The normalized spacial score (nSPS) is 34.0. The van der Waals surface area contributed by atoms with Gasteiger partial charge in [0.1, 0.15) is 0 Å². The molecule has 0 radical (unpaired) electrons. The molecule has 0 aliphatic carbocycles. The molecule has 1 fully saturated rings. The Kier molecular flexibility index (Phi) is 2.14. The van der Waals surface area contributed by atoms with Crippen LogP contribution in [0.2, 0.25) is 0 Å². The van der Waals surface area contributed by atoms with Crippen LogP contribution in [0.5, 0.6) is 0 Å². The van der Waals surface area contributed by atoms with Crippen molar-refractivity contribution in [1.29, 1.82) is 0 Å². The zero-order valence-corrected chi connectivity index (χ0v) is 6.48. The summed E-state index contributed by atoms with van der Waals surface area (Å²) in [5.41, 5.74) is 0. The molecule has 0 aromatic carbocycles. The van der Waals surface area contributed by atoms with Crippen molar-refractivity contribution in [3.05, 3.63) is 0 Å². The molecule has 10 heavy (non-hydrogen) atoms. The van der Waals surface area contributed by atoms with Crippen molar-refractivity contribution in [2.75, 3.05) is 13.1 Å². The summed E-state index contributed by atoms with van der Waals surface area (Å²) in [6, 6.07) is -0.0313. The number of carbonyl (C=O) groups is 1. The zero-order chi connectivity index (χ0) is 7.56. The van der Waals surface area contributed by atoms with Gasteiger partial charge in [-0.3, -0.25) is 0 Å². The van der Waals surface area contributed by atoms with Gasteiger partial charge in [0.2, 0.25) is 0 Å². The molecule has 1 heterocycles. The van der Waals surface area contributed by atoms with Crippen LogP contribution in [0.1, 0.15) is 13.8 Å². The van der Waals surface area contributed by atoms with E-state index in [9.17, 15) is 4.79 Å². The van der Waals surface area contributed by atoms with Gasteiger partial charge in [-0.05, 0) is 11.8 Å². The largest absolute Gasteiger partial charge is 0.338 e. The minimum atomic E-state index is -0.0313. The maximum absolute atomic E-state index is 10.8. The summed E-state index contributed by atoms with van der Waals surface area (Å²) < 4.78 is 0. The first-order valence-electron chi connectivity index (χ1n) is 3.72. The summed E-state index contributed by atoms with van der Waals surface area (Å²) in [6.07, 6.45) is 0. The van der Waals surface area contributed by atoms with Gasteiger partial charge in [0.15, 0.2) is 0 Å². The van der Waals surface area contributed by atoms with Gasteiger partial charge in [-0.25, -0.2) is 4.79 Å². The van der Waals surface area contributed by atoms with Gasteiger partial charge in [-0.2, -0.15) is 0 Å². The first kappa shape index (κ1) is 7.38. The zero-order valence-electron chi connectivity index (χ0n) is 6.48. The molecular formula is C7H14N2O. The molecule has 0 aromatic heterocycles. The van der Waals surface area contributed by atoms with Crippen LogP contribution < -0.4 is 10.6 Å².